The number of hydrogen-bond donors (Lipinski definition) is 1. The average Bonchev–Trinajstić information content (AvgIpc) is 2.89. The lowest BCUT2D eigenvalue weighted by molar-refractivity contribution is -0.137. The van der Waals surface area contributed by atoms with E-state index < -0.39 is 11.7 Å². The molecular weight excluding hydrogens is 295 g/mol. The molecule has 112 valence electrons. The molecule has 0 aliphatic heterocycles. The maximum absolute atomic E-state index is 12.5. The highest BCUT2D eigenvalue weighted by molar-refractivity contribution is 5.57. The van der Waals surface area contributed by atoms with E-state index in [9.17, 15) is 18.0 Å². The number of rotatable bonds is 2. The first-order valence-corrected chi connectivity index (χ1v) is 6.35. The van der Waals surface area contributed by atoms with Crippen LogP contribution in [0.3, 0.4) is 0 Å². The maximum Gasteiger partial charge on any atom is 0.416 e. The number of nitrogens with zero attached hydrogens (tertiary/aromatic N) is 2. The highest BCUT2D eigenvalue weighted by Crippen LogP contribution is 2.29. The van der Waals surface area contributed by atoms with Gasteiger partial charge in [0.05, 0.1) is 16.9 Å². The first kappa shape index (κ1) is 14.1. The van der Waals surface area contributed by atoms with Crippen LogP contribution in [0, 0.1) is 0 Å². The zero-order chi connectivity index (χ0) is 15.7. The smallest absolute Gasteiger partial charge is 0.290 e. The molecule has 0 fully saturated rings. The molecule has 0 aliphatic carbocycles. The normalized spacial score (nSPS) is 11.6. The van der Waals surface area contributed by atoms with Crippen molar-refractivity contribution >= 4 is 0 Å². The van der Waals surface area contributed by atoms with E-state index in [-0.39, 0.29) is 5.56 Å². The fourth-order valence-corrected chi connectivity index (χ4v) is 2.06. The van der Waals surface area contributed by atoms with Gasteiger partial charge >= 0.3 is 6.18 Å². The Morgan fingerprint density at radius 1 is 1.09 bits per heavy atom. The molecule has 1 N–H and O–H groups in total. The van der Waals surface area contributed by atoms with Crippen LogP contribution in [0.1, 0.15) is 5.56 Å². The molecule has 0 atom stereocenters. The van der Waals surface area contributed by atoms with Gasteiger partial charge in [-0.15, -0.1) is 0 Å². The summed E-state index contributed by atoms with van der Waals surface area (Å²) in [6.45, 7) is 0. The SMILES string of the molecule is O=c1cc(-c2cccnc2)[nH]n1-c1ccc(C(F)(F)F)cc1. The molecule has 0 saturated carbocycles. The predicted octanol–water partition coefficient (Wildman–Crippen LogP) is 3.25. The summed E-state index contributed by atoms with van der Waals surface area (Å²) in [5.41, 5.74) is 0.457. The second kappa shape index (κ2) is 5.18. The van der Waals surface area contributed by atoms with Gasteiger partial charge in [-0.05, 0) is 36.4 Å². The van der Waals surface area contributed by atoms with E-state index in [1.165, 1.54) is 22.9 Å². The highest BCUT2D eigenvalue weighted by Gasteiger charge is 2.30. The van der Waals surface area contributed by atoms with Gasteiger partial charge in [0.2, 0.25) is 0 Å². The third kappa shape index (κ3) is 2.65. The molecular formula is C15H10F3N3O. The van der Waals surface area contributed by atoms with Crippen molar-refractivity contribution in [1.29, 1.82) is 0 Å². The van der Waals surface area contributed by atoms with Crippen LogP contribution in [-0.4, -0.2) is 14.8 Å². The fourth-order valence-electron chi connectivity index (χ4n) is 2.06. The molecule has 22 heavy (non-hydrogen) atoms. The molecule has 0 aliphatic rings. The number of pyridine rings is 1. The molecule has 3 aromatic rings. The molecule has 7 heteroatoms. The molecule has 3 rings (SSSR count). The molecule has 4 nitrogen and oxygen atoms in total. The summed E-state index contributed by atoms with van der Waals surface area (Å²) >= 11 is 0. The largest absolute Gasteiger partial charge is 0.416 e. The predicted molar refractivity (Wildman–Crippen MR) is 74.6 cm³/mol. The summed E-state index contributed by atoms with van der Waals surface area (Å²) in [7, 11) is 0. The van der Waals surface area contributed by atoms with Crippen molar-refractivity contribution in [3.8, 4) is 16.9 Å². The van der Waals surface area contributed by atoms with Crippen LogP contribution in [0.2, 0.25) is 0 Å². The lowest BCUT2D eigenvalue weighted by atomic mass is 10.2. The Morgan fingerprint density at radius 2 is 1.82 bits per heavy atom. The number of benzene rings is 1. The van der Waals surface area contributed by atoms with Crippen molar-refractivity contribution in [3.05, 3.63) is 70.8 Å². The molecule has 0 unspecified atom stereocenters. The standard InChI is InChI=1S/C15H10F3N3O/c16-15(17,18)11-3-5-12(6-4-11)21-14(22)8-13(20-21)10-2-1-7-19-9-10/h1-9,20H. The molecule has 0 amide bonds. The Balaban J connectivity index is 1.99. The number of halogens is 3. The molecule has 0 bridgehead atoms. The molecule has 0 radical (unpaired) electrons. The summed E-state index contributed by atoms with van der Waals surface area (Å²) in [6.07, 6.45) is -1.21. The first-order chi connectivity index (χ1) is 10.4. The third-order valence-electron chi connectivity index (χ3n) is 3.15. The van der Waals surface area contributed by atoms with E-state index >= 15 is 0 Å². The minimum Gasteiger partial charge on any atom is -0.290 e. The first-order valence-electron chi connectivity index (χ1n) is 6.35. The Kier molecular flexibility index (Phi) is 3.32. The number of hydrogen-bond acceptors (Lipinski definition) is 2. The van der Waals surface area contributed by atoms with Crippen molar-refractivity contribution in [3.63, 3.8) is 0 Å². The zero-order valence-electron chi connectivity index (χ0n) is 11.1. The van der Waals surface area contributed by atoms with Crippen molar-refractivity contribution in [2.75, 3.05) is 0 Å². The van der Waals surface area contributed by atoms with Crippen LogP contribution in [0.4, 0.5) is 13.2 Å². The summed E-state index contributed by atoms with van der Waals surface area (Å²) < 4.78 is 38.8. The Labute approximate surface area is 122 Å². The van der Waals surface area contributed by atoms with Crippen LogP contribution in [0.15, 0.2) is 59.7 Å². The van der Waals surface area contributed by atoms with Crippen molar-refractivity contribution in [2.24, 2.45) is 0 Å². The van der Waals surface area contributed by atoms with E-state index in [1.54, 1.807) is 24.5 Å². The van der Waals surface area contributed by atoms with Gasteiger partial charge in [0.1, 0.15) is 0 Å². The van der Waals surface area contributed by atoms with E-state index in [0.29, 0.717) is 16.9 Å². The van der Waals surface area contributed by atoms with Gasteiger partial charge in [0.15, 0.2) is 0 Å². The summed E-state index contributed by atoms with van der Waals surface area (Å²) in [5, 5.41) is 2.86. The molecule has 0 saturated heterocycles. The van der Waals surface area contributed by atoms with E-state index in [2.05, 4.69) is 10.1 Å². The maximum atomic E-state index is 12.5. The van der Waals surface area contributed by atoms with Gasteiger partial charge in [-0.3, -0.25) is 14.9 Å². The Morgan fingerprint density at radius 3 is 2.41 bits per heavy atom. The van der Waals surface area contributed by atoms with Gasteiger partial charge in [0.25, 0.3) is 5.56 Å². The second-order valence-corrected chi connectivity index (χ2v) is 4.63. The van der Waals surface area contributed by atoms with Gasteiger partial charge in [-0.1, -0.05) is 0 Å². The Bertz CT molecular complexity index is 833. The van der Waals surface area contributed by atoms with Gasteiger partial charge < -0.3 is 0 Å². The van der Waals surface area contributed by atoms with Gasteiger partial charge in [-0.2, -0.15) is 13.2 Å². The summed E-state index contributed by atoms with van der Waals surface area (Å²) in [5.74, 6) is 0. The topological polar surface area (TPSA) is 50.7 Å². The lowest BCUT2D eigenvalue weighted by Gasteiger charge is -2.07. The van der Waals surface area contributed by atoms with Crippen LogP contribution in [0.5, 0.6) is 0 Å². The molecule has 2 heterocycles. The third-order valence-corrected chi connectivity index (χ3v) is 3.15. The van der Waals surface area contributed by atoms with Crippen molar-refractivity contribution in [2.45, 2.75) is 6.18 Å². The Hall–Kier alpha value is -2.83. The van der Waals surface area contributed by atoms with Crippen LogP contribution >= 0.6 is 0 Å². The van der Waals surface area contributed by atoms with Gasteiger partial charge in [-0.25, -0.2) is 4.68 Å². The molecule has 2 aromatic heterocycles. The zero-order valence-corrected chi connectivity index (χ0v) is 11.1. The number of nitrogens with one attached hydrogen (secondary N) is 1. The second-order valence-electron chi connectivity index (χ2n) is 4.63. The van der Waals surface area contributed by atoms with Gasteiger partial charge in [0, 0.05) is 24.0 Å². The van der Waals surface area contributed by atoms with Crippen LogP contribution in [-0.2, 0) is 6.18 Å². The minimum absolute atomic E-state index is 0.327. The number of aromatic nitrogens is 3. The van der Waals surface area contributed by atoms with E-state index in [0.717, 1.165) is 12.1 Å². The minimum atomic E-state index is -4.40. The summed E-state index contributed by atoms with van der Waals surface area (Å²) in [6, 6.07) is 9.23. The highest BCUT2D eigenvalue weighted by atomic mass is 19.4. The monoisotopic (exact) mass is 305 g/mol. The average molecular weight is 305 g/mol. The number of aromatic amines is 1. The van der Waals surface area contributed by atoms with Crippen molar-refractivity contribution < 1.29 is 13.2 Å². The fraction of sp³-hybridized carbons (Fsp3) is 0.0667. The van der Waals surface area contributed by atoms with E-state index in [1.807, 2.05) is 0 Å². The van der Waals surface area contributed by atoms with Crippen LogP contribution < -0.4 is 5.56 Å². The lowest BCUT2D eigenvalue weighted by Crippen LogP contribution is -2.14. The molecule has 1 aromatic carbocycles. The molecule has 0 spiro atoms. The van der Waals surface area contributed by atoms with Crippen LogP contribution in [0.25, 0.3) is 16.9 Å². The summed E-state index contributed by atoms with van der Waals surface area (Å²) in [4.78, 5) is 15.9. The number of alkyl halides is 3. The number of H-pyrrole nitrogens is 1. The van der Waals surface area contributed by atoms with Crippen molar-refractivity contribution in [1.82, 2.24) is 14.8 Å². The van der Waals surface area contributed by atoms with E-state index in [4.69, 9.17) is 0 Å². The quantitative estimate of drug-likeness (QED) is 0.790.